The molecule has 0 aliphatic heterocycles. The number of carbonyl (C=O) groups excluding carboxylic acids is 1. The molecule has 0 bridgehead atoms. The van der Waals surface area contributed by atoms with Crippen LogP contribution in [0.5, 0.6) is 5.75 Å². The summed E-state index contributed by atoms with van der Waals surface area (Å²) in [6, 6.07) is 11.4. The summed E-state index contributed by atoms with van der Waals surface area (Å²) in [5, 5.41) is 0. The zero-order valence-electron chi connectivity index (χ0n) is 11.0. The van der Waals surface area contributed by atoms with Gasteiger partial charge in [-0.15, -0.1) is 0 Å². The number of hydrogen-bond acceptors (Lipinski definition) is 4. The number of nitrogens with zero attached hydrogens (tertiary/aromatic N) is 2. The molecular weight excluding hydrogens is 240 g/mol. The summed E-state index contributed by atoms with van der Waals surface area (Å²) >= 11 is 0. The SMILES string of the molecule is COc1cccc(CN(C)c2ncccc2C=O)c1. The molecule has 0 unspecified atom stereocenters. The Morgan fingerprint density at radius 2 is 2.16 bits per heavy atom. The number of pyridine rings is 1. The number of hydrogen-bond donors (Lipinski definition) is 0. The summed E-state index contributed by atoms with van der Waals surface area (Å²) in [4.78, 5) is 17.2. The van der Waals surface area contributed by atoms with E-state index in [1.54, 1.807) is 25.4 Å². The molecular formula is C15H16N2O2. The van der Waals surface area contributed by atoms with Gasteiger partial charge in [0.2, 0.25) is 0 Å². The Morgan fingerprint density at radius 3 is 2.89 bits per heavy atom. The smallest absolute Gasteiger partial charge is 0.153 e. The lowest BCUT2D eigenvalue weighted by molar-refractivity contribution is 0.112. The summed E-state index contributed by atoms with van der Waals surface area (Å²) in [7, 11) is 3.56. The number of rotatable bonds is 5. The van der Waals surface area contributed by atoms with Gasteiger partial charge in [-0.1, -0.05) is 12.1 Å². The van der Waals surface area contributed by atoms with E-state index in [0.717, 1.165) is 17.6 Å². The minimum absolute atomic E-state index is 0.591. The molecule has 0 spiro atoms. The maximum Gasteiger partial charge on any atom is 0.153 e. The Kier molecular flexibility index (Phi) is 4.13. The highest BCUT2D eigenvalue weighted by Gasteiger charge is 2.08. The molecule has 1 heterocycles. The Balaban J connectivity index is 2.20. The summed E-state index contributed by atoms with van der Waals surface area (Å²) in [6.07, 6.45) is 2.51. The second-order valence-corrected chi connectivity index (χ2v) is 4.24. The number of carbonyl (C=O) groups is 1. The minimum atomic E-state index is 0.591. The first-order chi connectivity index (χ1) is 9.24. The third-order valence-electron chi connectivity index (χ3n) is 2.86. The summed E-state index contributed by atoms with van der Waals surface area (Å²) in [5.74, 6) is 1.50. The fraction of sp³-hybridized carbons (Fsp3) is 0.200. The zero-order valence-corrected chi connectivity index (χ0v) is 11.0. The van der Waals surface area contributed by atoms with Gasteiger partial charge in [0.25, 0.3) is 0 Å². The van der Waals surface area contributed by atoms with Crippen molar-refractivity contribution in [3.63, 3.8) is 0 Å². The van der Waals surface area contributed by atoms with Gasteiger partial charge < -0.3 is 9.64 Å². The monoisotopic (exact) mass is 256 g/mol. The molecule has 4 heteroatoms. The molecule has 1 aromatic carbocycles. The predicted molar refractivity (Wildman–Crippen MR) is 74.7 cm³/mol. The van der Waals surface area contributed by atoms with Gasteiger partial charge >= 0.3 is 0 Å². The molecule has 0 saturated heterocycles. The molecule has 2 aromatic rings. The molecule has 19 heavy (non-hydrogen) atoms. The topological polar surface area (TPSA) is 42.4 Å². The van der Waals surface area contributed by atoms with Crippen molar-refractivity contribution in [2.75, 3.05) is 19.1 Å². The lowest BCUT2D eigenvalue weighted by Crippen LogP contribution is -2.19. The molecule has 4 nitrogen and oxygen atoms in total. The Labute approximate surface area is 112 Å². The molecule has 0 aliphatic rings. The van der Waals surface area contributed by atoms with E-state index in [0.29, 0.717) is 17.9 Å². The van der Waals surface area contributed by atoms with Gasteiger partial charge in [-0.25, -0.2) is 4.98 Å². The van der Waals surface area contributed by atoms with Gasteiger partial charge in [-0.2, -0.15) is 0 Å². The van der Waals surface area contributed by atoms with Gasteiger partial charge in [0.1, 0.15) is 11.6 Å². The van der Waals surface area contributed by atoms with Gasteiger partial charge in [0.15, 0.2) is 6.29 Å². The summed E-state index contributed by atoms with van der Waals surface area (Å²) in [6.45, 7) is 0.662. The Morgan fingerprint density at radius 1 is 1.32 bits per heavy atom. The second-order valence-electron chi connectivity index (χ2n) is 4.24. The standard InChI is InChI=1S/C15H16N2O2/c1-17(15-13(11-18)6-4-8-16-15)10-12-5-3-7-14(9-12)19-2/h3-9,11H,10H2,1-2H3. The van der Waals surface area contributed by atoms with E-state index < -0.39 is 0 Å². The largest absolute Gasteiger partial charge is 0.497 e. The van der Waals surface area contributed by atoms with Crippen molar-refractivity contribution in [2.45, 2.75) is 6.54 Å². The lowest BCUT2D eigenvalue weighted by atomic mass is 10.2. The Hall–Kier alpha value is -2.36. The average Bonchev–Trinajstić information content (AvgIpc) is 2.47. The first kappa shape index (κ1) is 13.1. The quantitative estimate of drug-likeness (QED) is 0.771. The van der Waals surface area contributed by atoms with Crippen molar-refractivity contribution < 1.29 is 9.53 Å². The van der Waals surface area contributed by atoms with Crippen molar-refractivity contribution in [3.8, 4) is 5.75 Å². The predicted octanol–water partition coefficient (Wildman–Crippen LogP) is 2.54. The van der Waals surface area contributed by atoms with Crippen LogP contribution in [0.2, 0.25) is 0 Å². The van der Waals surface area contributed by atoms with E-state index >= 15 is 0 Å². The highest BCUT2D eigenvalue weighted by Crippen LogP contribution is 2.18. The molecule has 0 atom stereocenters. The van der Waals surface area contributed by atoms with Crippen LogP contribution < -0.4 is 9.64 Å². The average molecular weight is 256 g/mol. The van der Waals surface area contributed by atoms with Gasteiger partial charge in [0.05, 0.1) is 12.7 Å². The van der Waals surface area contributed by atoms with E-state index in [-0.39, 0.29) is 0 Å². The van der Waals surface area contributed by atoms with Crippen LogP contribution in [0.1, 0.15) is 15.9 Å². The fourth-order valence-electron chi connectivity index (χ4n) is 1.94. The summed E-state index contributed by atoms with van der Waals surface area (Å²) in [5.41, 5.74) is 1.69. The first-order valence-electron chi connectivity index (χ1n) is 5.99. The number of ether oxygens (including phenoxy) is 1. The molecule has 1 aromatic heterocycles. The van der Waals surface area contributed by atoms with Crippen LogP contribution in [0.4, 0.5) is 5.82 Å². The molecule has 2 rings (SSSR count). The van der Waals surface area contributed by atoms with Crippen LogP contribution in [-0.4, -0.2) is 25.4 Å². The maximum atomic E-state index is 11.0. The zero-order chi connectivity index (χ0) is 13.7. The van der Waals surface area contributed by atoms with E-state index in [4.69, 9.17) is 4.74 Å². The van der Waals surface area contributed by atoms with Gasteiger partial charge in [-0.05, 0) is 29.8 Å². The number of methoxy groups -OCH3 is 1. The van der Waals surface area contributed by atoms with E-state index in [2.05, 4.69) is 4.98 Å². The normalized spacial score (nSPS) is 10.0. The van der Waals surface area contributed by atoms with Crippen molar-refractivity contribution in [1.29, 1.82) is 0 Å². The molecule has 98 valence electrons. The van der Waals surface area contributed by atoms with Crippen LogP contribution in [0.15, 0.2) is 42.6 Å². The van der Waals surface area contributed by atoms with Gasteiger partial charge in [0, 0.05) is 19.8 Å². The number of benzene rings is 1. The van der Waals surface area contributed by atoms with Crippen LogP contribution >= 0.6 is 0 Å². The minimum Gasteiger partial charge on any atom is -0.497 e. The fourth-order valence-corrected chi connectivity index (χ4v) is 1.94. The first-order valence-corrected chi connectivity index (χ1v) is 5.99. The number of anilines is 1. The third kappa shape index (κ3) is 3.10. The van der Waals surface area contributed by atoms with E-state index in [1.807, 2.05) is 36.2 Å². The molecule has 0 aliphatic carbocycles. The van der Waals surface area contributed by atoms with E-state index in [1.165, 1.54) is 0 Å². The van der Waals surface area contributed by atoms with Crippen LogP contribution in [0.25, 0.3) is 0 Å². The van der Waals surface area contributed by atoms with Crippen molar-refractivity contribution in [3.05, 3.63) is 53.7 Å². The molecule has 0 fully saturated rings. The highest BCUT2D eigenvalue weighted by molar-refractivity contribution is 5.82. The van der Waals surface area contributed by atoms with E-state index in [9.17, 15) is 4.79 Å². The van der Waals surface area contributed by atoms with Crippen LogP contribution in [0.3, 0.4) is 0 Å². The molecule has 0 radical (unpaired) electrons. The van der Waals surface area contributed by atoms with Crippen LogP contribution in [0, 0.1) is 0 Å². The lowest BCUT2D eigenvalue weighted by Gasteiger charge is -2.19. The van der Waals surface area contributed by atoms with Crippen molar-refractivity contribution in [2.24, 2.45) is 0 Å². The number of aromatic nitrogens is 1. The number of aldehydes is 1. The van der Waals surface area contributed by atoms with Crippen LogP contribution in [-0.2, 0) is 6.54 Å². The molecule has 0 amide bonds. The maximum absolute atomic E-state index is 11.0. The third-order valence-corrected chi connectivity index (χ3v) is 2.86. The second kappa shape index (κ2) is 6.00. The van der Waals surface area contributed by atoms with Crippen molar-refractivity contribution in [1.82, 2.24) is 4.98 Å². The molecule has 0 saturated carbocycles. The Bertz CT molecular complexity index is 570. The molecule has 0 N–H and O–H groups in total. The van der Waals surface area contributed by atoms with Crippen molar-refractivity contribution >= 4 is 12.1 Å². The summed E-state index contributed by atoms with van der Waals surface area (Å²) < 4.78 is 5.20. The highest BCUT2D eigenvalue weighted by atomic mass is 16.5. The van der Waals surface area contributed by atoms with Gasteiger partial charge in [-0.3, -0.25) is 4.79 Å².